The van der Waals surface area contributed by atoms with Gasteiger partial charge in [-0.05, 0) is 18.6 Å². The second-order valence-corrected chi connectivity index (χ2v) is 4.17. The van der Waals surface area contributed by atoms with E-state index in [1.807, 2.05) is 13.0 Å². The molecule has 82 valence electrons. The van der Waals surface area contributed by atoms with E-state index in [0.29, 0.717) is 24.3 Å². The molecule has 0 aliphatic carbocycles. The van der Waals surface area contributed by atoms with Gasteiger partial charge in [-0.3, -0.25) is 14.5 Å². The SMILES string of the molecule is Cc1cccc2c1C(=O)N(CC1CO1)C2=O. The minimum absolute atomic E-state index is 0.0440. The molecule has 0 radical (unpaired) electrons. The van der Waals surface area contributed by atoms with Crippen LogP contribution in [0, 0.1) is 6.92 Å². The highest BCUT2D eigenvalue weighted by atomic mass is 16.6. The Hall–Kier alpha value is -1.68. The fourth-order valence-electron chi connectivity index (χ4n) is 2.05. The average molecular weight is 217 g/mol. The minimum Gasteiger partial charge on any atom is -0.371 e. The maximum Gasteiger partial charge on any atom is 0.261 e. The van der Waals surface area contributed by atoms with Gasteiger partial charge in [0.2, 0.25) is 0 Å². The molecule has 3 rings (SSSR count). The Bertz CT molecular complexity index is 491. The molecule has 16 heavy (non-hydrogen) atoms. The van der Waals surface area contributed by atoms with E-state index in [4.69, 9.17) is 4.74 Å². The molecule has 0 aromatic heterocycles. The lowest BCUT2D eigenvalue weighted by molar-refractivity contribution is 0.0642. The molecule has 1 atom stereocenters. The Morgan fingerprint density at radius 2 is 2.12 bits per heavy atom. The predicted molar refractivity (Wildman–Crippen MR) is 56.3 cm³/mol. The van der Waals surface area contributed by atoms with Crippen molar-refractivity contribution in [2.45, 2.75) is 13.0 Å². The summed E-state index contributed by atoms with van der Waals surface area (Å²) in [5.74, 6) is -0.382. The number of hydrogen-bond acceptors (Lipinski definition) is 3. The number of benzene rings is 1. The van der Waals surface area contributed by atoms with Gasteiger partial charge in [0.1, 0.15) is 0 Å². The lowest BCUT2D eigenvalue weighted by atomic mass is 10.0. The standard InChI is InChI=1S/C12H11NO3/c1-7-3-2-4-9-10(7)12(15)13(11(9)14)5-8-6-16-8/h2-4,8H,5-6H2,1H3. The molecule has 1 aromatic rings. The molecule has 2 amide bonds. The highest BCUT2D eigenvalue weighted by Crippen LogP contribution is 2.27. The molecule has 1 fully saturated rings. The topological polar surface area (TPSA) is 49.9 Å². The van der Waals surface area contributed by atoms with Crippen molar-refractivity contribution in [1.29, 1.82) is 0 Å². The summed E-state index contributed by atoms with van der Waals surface area (Å²) in [6.45, 7) is 2.87. The number of carbonyl (C=O) groups excluding carboxylic acids is 2. The molecule has 2 aliphatic heterocycles. The van der Waals surface area contributed by atoms with Crippen molar-refractivity contribution in [3.63, 3.8) is 0 Å². The summed E-state index contributed by atoms with van der Waals surface area (Å²) < 4.78 is 5.05. The first kappa shape index (κ1) is 9.54. The normalized spacial score (nSPS) is 22.6. The van der Waals surface area contributed by atoms with Crippen LogP contribution < -0.4 is 0 Å². The zero-order valence-corrected chi connectivity index (χ0v) is 8.90. The molecule has 0 saturated carbocycles. The van der Waals surface area contributed by atoms with Crippen LogP contribution >= 0.6 is 0 Å². The molecular formula is C12H11NO3. The van der Waals surface area contributed by atoms with Crippen LogP contribution in [0.1, 0.15) is 26.3 Å². The third kappa shape index (κ3) is 1.27. The van der Waals surface area contributed by atoms with Crippen molar-refractivity contribution >= 4 is 11.8 Å². The average Bonchev–Trinajstić information content (AvgIpc) is 3.03. The molecule has 2 aliphatic rings. The van der Waals surface area contributed by atoms with Crippen LogP contribution in [0.25, 0.3) is 0 Å². The van der Waals surface area contributed by atoms with Crippen LogP contribution in [0.3, 0.4) is 0 Å². The number of ether oxygens (including phenoxy) is 1. The van der Waals surface area contributed by atoms with Crippen LogP contribution in [0.15, 0.2) is 18.2 Å². The zero-order valence-electron chi connectivity index (χ0n) is 8.90. The molecular weight excluding hydrogens is 206 g/mol. The van der Waals surface area contributed by atoms with Gasteiger partial charge in [0.15, 0.2) is 0 Å². The predicted octanol–water partition coefficient (Wildman–Crippen LogP) is 0.990. The van der Waals surface area contributed by atoms with Crippen LogP contribution in [-0.2, 0) is 4.74 Å². The van der Waals surface area contributed by atoms with Gasteiger partial charge in [-0.15, -0.1) is 0 Å². The smallest absolute Gasteiger partial charge is 0.261 e. The van der Waals surface area contributed by atoms with Crippen molar-refractivity contribution < 1.29 is 14.3 Å². The lowest BCUT2D eigenvalue weighted by Gasteiger charge is -2.11. The first-order valence-electron chi connectivity index (χ1n) is 5.26. The van der Waals surface area contributed by atoms with Gasteiger partial charge < -0.3 is 4.74 Å². The molecule has 0 spiro atoms. The summed E-state index contributed by atoms with van der Waals surface area (Å²) in [5, 5.41) is 0. The molecule has 4 nitrogen and oxygen atoms in total. The molecule has 4 heteroatoms. The molecule has 2 heterocycles. The van der Waals surface area contributed by atoms with Crippen LogP contribution in [0.4, 0.5) is 0 Å². The molecule has 1 aromatic carbocycles. The molecule has 0 N–H and O–H groups in total. The van der Waals surface area contributed by atoms with E-state index in [9.17, 15) is 9.59 Å². The third-order valence-corrected chi connectivity index (χ3v) is 3.00. The number of aryl methyl sites for hydroxylation is 1. The summed E-state index contributed by atoms with van der Waals surface area (Å²) in [5.41, 5.74) is 1.92. The fourth-order valence-corrected chi connectivity index (χ4v) is 2.05. The first-order valence-corrected chi connectivity index (χ1v) is 5.26. The lowest BCUT2D eigenvalue weighted by Crippen LogP contribution is -2.33. The van der Waals surface area contributed by atoms with E-state index in [0.717, 1.165) is 5.56 Å². The molecule has 0 bridgehead atoms. The number of epoxide rings is 1. The van der Waals surface area contributed by atoms with Gasteiger partial charge >= 0.3 is 0 Å². The third-order valence-electron chi connectivity index (χ3n) is 3.00. The minimum atomic E-state index is -0.195. The maximum atomic E-state index is 12.0. The van der Waals surface area contributed by atoms with Crippen molar-refractivity contribution in [1.82, 2.24) is 4.90 Å². The number of hydrogen-bond donors (Lipinski definition) is 0. The highest BCUT2D eigenvalue weighted by molar-refractivity contribution is 6.22. The summed E-state index contributed by atoms with van der Waals surface area (Å²) >= 11 is 0. The Morgan fingerprint density at radius 3 is 2.75 bits per heavy atom. The number of carbonyl (C=O) groups is 2. The summed E-state index contributed by atoms with van der Waals surface area (Å²) in [6.07, 6.45) is 0.0440. The number of fused-ring (bicyclic) bond motifs is 1. The van der Waals surface area contributed by atoms with E-state index >= 15 is 0 Å². The van der Waals surface area contributed by atoms with Gasteiger partial charge in [-0.1, -0.05) is 12.1 Å². The van der Waals surface area contributed by atoms with Crippen molar-refractivity contribution in [2.75, 3.05) is 13.2 Å². The summed E-state index contributed by atoms with van der Waals surface area (Å²) in [7, 11) is 0. The monoisotopic (exact) mass is 217 g/mol. The van der Waals surface area contributed by atoms with Crippen molar-refractivity contribution in [3.8, 4) is 0 Å². The second kappa shape index (κ2) is 3.15. The van der Waals surface area contributed by atoms with E-state index in [2.05, 4.69) is 0 Å². The summed E-state index contributed by atoms with van der Waals surface area (Å²) in [4.78, 5) is 25.3. The first-order chi connectivity index (χ1) is 7.68. The van der Waals surface area contributed by atoms with Gasteiger partial charge in [-0.25, -0.2) is 0 Å². The number of rotatable bonds is 2. The Kier molecular flexibility index (Phi) is 1.88. The van der Waals surface area contributed by atoms with Crippen LogP contribution in [0.2, 0.25) is 0 Å². The largest absolute Gasteiger partial charge is 0.371 e. The van der Waals surface area contributed by atoms with Crippen molar-refractivity contribution in [3.05, 3.63) is 34.9 Å². The summed E-state index contributed by atoms with van der Waals surface area (Å²) in [6, 6.07) is 5.36. The van der Waals surface area contributed by atoms with E-state index in [1.54, 1.807) is 12.1 Å². The van der Waals surface area contributed by atoms with Gasteiger partial charge in [0.05, 0.1) is 30.4 Å². The van der Waals surface area contributed by atoms with Crippen LogP contribution in [-0.4, -0.2) is 36.0 Å². The molecule has 1 unspecified atom stereocenters. The second-order valence-electron chi connectivity index (χ2n) is 4.17. The fraction of sp³-hybridized carbons (Fsp3) is 0.333. The number of nitrogens with zero attached hydrogens (tertiary/aromatic N) is 1. The zero-order chi connectivity index (χ0) is 11.3. The van der Waals surface area contributed by atoms with E-state index in [1.165, 1.54) is 4.90 Å². The van der Waals surface area contributed by atoms with E-state index in [-0.39, 0.29) is 17.9 Å². The number of imide groups is 1. The molecule has 1 saturated heterocycles. The van der Waals surface area contributed by atoms with Gasteiger partial charge in [0.25, 0.3) is 11.8 Å². The Labute approximate surface area is 92.8 Å². The van der Waals surface area contributed by atoms with Crippen molar-refractivity contribution in [2.24, 2.45) is 0 Å². The number of amides is 2. The van der Waals surface area contributed by atoms with Gasteiger partial charge in [0, 0.05) is 0 Å². The van der Waals surface area contributed by atoms with Gasteiger partial charge in [-0.2, -0.15) is 0 Å². The highest BCUT2D eigenvalue weighted by Gasteiger charge is 2.39. The maximum absolute atomic E-state index is 12.0. The quantitative estimate of drug-likeness (QED) is 0.548. The van der Waals surface area contributed by atoms with Crippen LogP contribution in [0.5, 0.6) is 0 Å². The Morgan fingerprint density at radius 1 is 1.38 bits per heavy atom. The van der Waals surface area contributed by atoms with E-state index < -0.39 is 0 Å². The Balaban J connectivity index is 2.01.